The molecule has 5 nitrogen and oxygen atoms in total. The number of tetrazole rings is 1. The van der Waals surface area contributed by atoms with Crippen LogP contribution in [0.4, 0.5) is 5.69 Å². The third-order valence-corrected chi connectivity index (χ3v) is 2.74. The fourth-order valence-corrected chi connectivity index (χ4v) is 1.81. The Balaban J connectivity index is 2.39. The van der Waals surface area contributed by atoms with Gasteiger partial charge >= 0.3 is 0 Å². The fourth-order valence-electron chi connectivity index (χ4n) is 1.63. The molecule has 0 fully saturated rings. The molecule has 2 aromatic rings. The summed E-state index contributed by atoms with van der Waals surface area (Å²) in [4.78, 5) is 0. The van der Waals surface area contributed by atoms with Crippen molar-refractivity contribution in [1.82, 2.24) is 20.2 Å². The molecular formula is C12H16ClN5. The summed E-state index contributed by atoms with van der Waals surface area (Å²) in [5, 5.41) is 12.3. The molecule has 1 aromatic carbocycles. The van der Waals surface area contributed by atoms with Crippen LogP contribution >= 0.6 is 11.6 Å². The maximum Gasteiger partial charge on any atom is 0.182 e. The zero-order valence-corrected chi connectivity index (χ0v) is 11.4. The van der Waals surface area contributed by atoms with E-state index in [9.17, 15) is 0 Å². The van der Waals surface area contributed by atoms with E-state index in [1.165, 1.54) is 0 Å². The Kier molecular flexibility index (Phi) is 3.26. The van der Waals surface area contributed by atoms with Gasteiger partial charge < -0.3 is 5.73 Å². The van der Waals surface area contributed by atoms with Gasteiger partial charge in [-0.1, -0.05) is 32.4 Å². The van der Waals surface area contributed by atoms with Crippen LogP contribution in [0.1, 0.15) is 20.8 Å². The van der Waals surface area contributed by atoms with E-state index in [1.54, 1.807) is 16.8 Å². The van der Waals surface area contributed by atoms with Crippen LogP contribution in [0, 0.1) is 5.41 Å². The first-order valence-corrected chi connectivity index (χ1v) is 6.06. The lowest BCUT2D eigenvalue weighted by molar-refractivity contribution is 0.323. The Morgan fingerprint density at radius 1 is 1.33 bits per heavy atom. The van der Waals surface area contributed by atoms with E-state index < -0.39 is 0 Å². The highest BCUT2D eigenvalue weighted by Crippen LogP contribution is 2.26. The number of benzene rings is 1. The number of anilines is 1. The molecule has 0 saturated heterocycles. The third-order valence-electron chi connectivity index (χ3n) is 2.41. The van der Waals surface area contributed by atoms with Crippen LogP contribution in [0.15, 0.2) is 18.2 Å². The fraction of sp³-hybridized carbons (Fsp3) is 0.417. The van der Waals surface area contributed by atoms with E-state index in [0.29, 0.717) is 16.5 Å². The molecule has 0 radical (unpaired) electrons. The minimum atomic E-state index is 0.0989. The van der Waals surface area contributed by atoms with Gasteiger partial charge in [0.25, 0.3) is 0 Å². The summed E-state index contributed by atoms with van der Waals surface area (Å²) < 4.78 is 1.78. The Morgan fingerprint density at radius 2 is 2.06 bits per heavy atom. The highest BCUT2D eigenvalue weighted by Gasteiger charge is 2.17. The van der Waals surface area contributed by atoms with Gasteiger partial charge in [-0.2, -0.15) is 0 Å². The van der Waals surface area contributed by atoms with Gasteiger partial charge in [0.05, 0.1) is 10.7 Å². The van der Waals surface area contributed by atoms with Crippen molar-refractivity contribution in [2.45, 2.75) is 27.3 Å². The van der Waals surface area contributed by atoms with E-state index >= 15 is 0 Å². The van der Waals surface area contributed by atoms with Crippen LogP contribution in [0.2, 0.25) is 5.02 Å². The van der Waals surface area contributed by atoms with Crippen LogP contribution in [0.25, 0.3) is 11.4 Å². The topological polar surface area (TPSA) is 69.6 Å². The van der Waals surface area contributed by atoms with E-state index in [4.69, 9.17) is 17.3 Å². The average molecular weight is 266 g/mol. The van der Waals surface area contributed by atoms with E-state index in [0.717, 1.165) is 12.1 Å². The normalized spacial score (nSPS) is 11.8. The lowest BCUT2D eigenvalue weighted by atomic mass is 9.97. The smallest absolute Gasteiger partial charge is 0.182 e. The molecule has 96 valence electrons. The molecule has 0 atom stereocenters. The van der Waals surface area contributed by atoms with Gasteiger partial charge in [-0.15, -0.1) is 5.10 Å². The first-order valence-electron chi connectivity index (χ1n) is 5.68. The van der Waals surface area contributed by atoms with Crippen molar-refractivity contribution in [1.29, 1.82) is 0 Å². The summed E-state index contributed by atoms with van der Waals surface area (Å²) in [6.07, 6.45) is 0. The average Bonchev–Trinajstić information content (AvgIpc) is 2.67. The highest BCUT2D eigenvalue weighted by atomic mass is 35.5. The number of hydrogen-bond donors (Lipinski definition) is 1. The first-order chi connectivity index (χ1) is 8.37. The molecule has 0 unspecified atom stereocenters. The van der Waals surface area contributed by atoms with E-state index in [1.807, 2.05) is 6.07 Å². The SMILES string of the molecule is CC(C)(C)Cn1nnnc1-c1ccc(N)c(Cl)c1. The molecule has 0 aliphatic carbocycles. The molecule has 0 spiro atoms. The zero-order chi connectivity index (χ0) is 13.3. The van der Waals surface area contributed by atoms with Crippen LogP contribution in [-0.2, 0) is 6.54 Å². The predicted molar refractivity (Wildman–Crippen MR) is 72.1 cm³/mol. The Morgan fingerprint density at radius 3 is 2.67 bits per heavy atom. The molecule has 1 heterocycles. The van der Waals surface area contributed by atoms with Gasteiger partial charge in [-0.05, 0) is 34.0 Å². The Hall–Kier alpha value is -1.62. The molecule has 0 saturated carbocycles. The van der Waals surface area contributed by atoms with E-state index in [-0.39, 0.29) is 5.41 Å². The molecule has 2 N–H and O–H groups in total. The van der Waals surface area contributed by atoms with Crippen molar-refractivity contribution < 1.29 is 0 Å². The molecule has 1 aromatic heterocycles. The van der Waals surface area contributed by atoms with Gasteiger partial charge in [-0.3, -0.25) is 0 Å². The van der Waals surface area contributed by atoms with Crippen molar-refractivity contribution >= 4 is 17.3 Å². The number of rotatable bonds is 2. The lowest BCUT2D eigenvalue weighted by Gasteiger charge is -2.18. The summed E-state index contributed by atoms with van der Waals surface area (Å²) in [6, 6.07) is 5.40. The second-order valence-corrected chi connectivity index (χ2v) is 5.86. The van der Waals surface area contributed by atoms with Crippen LogP contribution < -0.4 is 5.73 Å². The Labute approximate surface area is 111 Å². The lowest BCUT2D eigenvalue weighted by Crippen LogP contribution is -2.17. The molecule has 2 rings (SSSR count). The highest BCUT2D eigenvalue weighted by molar-refractivity contribution is 6.33. The molecular weight excluding hydrogens is 250 g/mol. The van der Waals surface area contributed by atoms with Crippen LogP contribution in [0.5, 0.6) is 0 Å². The summed E-state index contributed by atoms with van der Waals surface area (Å²) in [6.45, 7) is 7.13. The molecule has 6 heteroatoms. The number of nitrogens with zero attached hydrogens (tertiary/aromatic N) is 4. The van der Waals surface area contributed by atoms with Gasteiger partial charge in [0.2, 0.25) is 0 Å². The van der Waals surface area contributed by atoms with Gasteiger partial charge in [0, 0.05) is 12.1 Å². The van der Waals surface area contributed by atoms with Crippen molar-refractivity contribution in [3.8, 4) is 11.4 Å². The summed E-state index contributed by atoms with van der Waals surface area (Å²) in [5.74, 6) is 0.701. The maximum absolute atomic E-state index is 6.01. The van der Waals surface area contributed by atoms with Crippen LogP contribution in [-0.4, -0.2) is 20.2 Å². The summed E-state index contributed by atoms with van der Waals surface area (Å²) >= 11 is 6.01. The van der Waals surface area contributed by atoms with Gasteiger partial charge in [-0.25, -0.2) is 4.68 Å². The number of halogens is 1. The summed E-state index contributed by atoms with van der Waals surface area (Å²) in [5.41, 5.74) is 7.21. The quantitative estimate of drug-likeness (QED) is 0.848. The van der Waals surface area contributed by atoms with Crippen molar-refractivity contribution in [3.63, 3.8) is 0 Å². The first kappa shape index (κ1) is 12.8. The largest absolute Gasteiger partial charge is 0.398 e. The number of nitrogen functional groups attached to an aromatic ring is 1. The standard InChI is InChI=1S/C12H16ClN5/c1-12(2,3)7-18-11(15-16-17-18)8-4-5-10(14)9(13)6-8/h4-6H,7,14H2,1-3H3. The van der Waals surface area contributed by atoms with Gasteiger partial charge in [0.1, 0.15) is 0 Å². The Bertz CT molecular complexity index is 556. The van der Waals surface area contributed by atoms with E-state index in [2.05, 4.69) is 36.3 Å². The number of hydrogen-bond acceptors (Lipinski definition) is 4. The van der Waals surface area contributed by atoms with Crippen molar-refractivity contribution in [3.05, 3.63) is 23.2 Å². The molecule has 18 heavy (non-hydrogen) atoms. The number of aromatic nitrogens is 4. The van der Waals surface area contributed by atoms with Gasteiger partial charge in [0.15, 0.2) is 5.82 Å². The molecule has 0 aliphatic heterocycles. The molecule has 0 bridgehead atoms. The third kappa shape index (κ3) is 2.79. The maximum atomic E-state index is 6.01. The predicted octanol–water partition coefficient (Wildman–Crippen LogP) is 2.62. The second-order valence-electron chi connectivity index (χ2n) is 5.46. The minimum Gasteiger partial charge on any atom is -0.398 e. The summed E-state index contributed by atoms with van der Waals surface area (Å²) in [7, 11) is 0. The van der Waals surface area contributed by atoms with Crippen LogP contribution in [0.3, 0.4) is 0 Å². The van der Waals surface area contributed by atoms with Crippen molar-refractivity contribution in [2.24, 2.45) is 5.41 Å². The monoisotopic (exact) mass is 265 g/mol. The minimum absolute atomic E-state index is 0.0989. The number of nitrogens with two attached hydrogens (primary N) is 1. The molecule has 0 aliphatic rings. The zero-order valence-electron chi connectivity index (χ0n) is 10.7. The molecule has 0 amide bonds. The van der Waals surface area contributed by atoms with Crippen molar-refractivity contribution in [2.75, 3.05) is 5.73 Å². The second kappa shape index (κ2) is 4.57.